The maximum Gasteiger partial charge on any atom is 0.240 e. The molecule has 0 aromatic heterocycles. The van der Waals surface area contributed by atoms with Gasteiger partial charge in [-0.2, -0.15) is 0 Å². The van der Waals surface area contributed by atoms with Crippen molar-refractivity contribution in [1.82, 2.24) is 9.44 Å². The summed E-state index contributed by atoms with van der Waals surface area (Å²) in [7, 11) is -4.96. The molecule has 0 aliphatic carbocycles. The van der Waals surface area contributed by atoms with Gasteiger partial charge >= 0.3 is 0 Å². The number of anilines is 2. The van der Waals surface area contributed by atoms with Crippen LogP contribution in [0.2, 0.25) is 0 Å². The fourth-order valence-corrected chi connectivity index (χ4v) is 6.93. The van der Waals surface area contributed by atoms with Gasteiger partial charge in [0, 0.05) is 42.0 Å². The smallest absolute Gasteiger partial charge is 0.240 e. The SMILES string of the molecule is CNS(=O)(=O)c1ccc(O)c(N=Nc2c(O)ccc3cccc(NC(C)=O)c23)c1.CNS(=O)(=O)c1ccc(O)c(N=Nc2c(O)ccc3cccc(NC(C)=O)c23)c1.[Cr]. The van der Waals surface area contributed by atoms with Gasteiger partial charge in [0.05, 0.1) is 21.2 Å². The van der Waals surface area contributed by atoms with E-state index in [2.05, 4.69) is 40.5 Å². The maximum atomic E-state index is 12.0. The molecule has 0 radical (unpaired) electrons. The first-order valence-electron chi connectivity index (χ1n) is 16.9. The molecule has 0 fully saturated rings. The van der Waals surface area contributed by atoms with Crippen molar-refractivity contribution in [3.63, 3.8) is 0 Å². The van der Waals surface area contributed by atoms with Crippen LogP contribution < -0.4 is 20.1 Å². The van der Waals surface area contributed by atoms with E-state index in [0.717, 1.165) is 12.1 Å². The second-order valence-corrected chi connectivity index (χ2v) is 15.9. The molecule has 0 aliphatic rings. The van der Waals surface area contributed by atoms with Gasteiger partial charge in [0.15, 0.2) is 0 Å². The number of sulfonamides is 2. The van der Waals surface area contributed by atoms with Crippen molar-refractivity contribution in [3.8, 4) is 23.0 Å². The Morgan fingerprint density at radius 3 is 1.20 bits per heavy atom. The zero-order valence-corrected chi connectivity index (χ0v) is 34.4. The van der Waals surface area contributed by atoms with E-state index in [-0.39, 0.29) is 84.7 Å². The number of carbonyl (C=O) groups excluding carboxylic acids is 2. The third kappa shape index (κ3) is 10.5. The topological polar surface area (TPSA) is 281 Å². The molecule has 59 heavy (non-hydrogen) atoms. The molecule has 6 rings (SSSR count). The van der Waals surface area contributed by atoms with Crippen LogP contribution >= 0.6 is 0 Å². The summed E-state index contributed by atoms with van der Waals surface area (Å²) in [4.78, 5) is 22.8. The van der Waals surface area contributed by atoms with Crippen LogP contribution in [0.4, 0.5) is 34.1 Å². The molecule has 0 saturated heterocycles. The van der Waals surface area contributed by atoms with Crippen molar-refractivity contribution in [1.29, 1.82) is 0 Å². The third-order valence-corrected chi connectivity index (χ3v) is 11.0. The van der Waals surface area contributed by atoms with E-state index >= 15 is 0 Å². The number of amides is 2. The number of phenolic OH excluding ortho intramolecular Hbond substituents is 4. The predicted octanol–water partition coefficient (Wildman–Crippen LogP) is 7.06. The van der Waals surface area contributed by atoms with Crippen LogP contribution in [0.3, 0.4) is 0 Å². The molecule has 306 valence electrons. The maximum absolute atomic E-state index is 12.0. The normalized spacial score (nSPS) is 11.6. The summed E-state index contributed by atoms with van der Waals surface area (Å²) in [6.45, 7) is 2.71. The minimum Gasteiger partial charge on any atom is -0.506 e. The number of nitrogens with zero attached hydrogens (tertiary/aromatic N) is 4. The van der Waals surface area contributed by atoms with Crippen LogP contribution in [0, 0.1) is 0 Å². The molecule has 0 aliphatic heterocycles. The Hall–Kier alpha value is -6.47. The molecular weight excluding hydrogens is 845 g/mol. The van der Waals surface area contributed by atoms with E-state index in [1.807, 2.05) is 0 Å². The Bertz CT molecular complexity index is 2680. The molecule has 18 nitrogen and oxygen atoms in total. The zero-order chi connectivity index (χ0) is 42.4. The molecule has 6 aromatic rings. The first kappa shape index (κ1) is 45.2. The van der Waals surface area contributed by atoms with E-state index in [1.54, 1.807) is 48.5 Å². The number of fused-ring (bicyclic) bond motifs is 2. The van der Waals surface area contributed by atoms with E-state index < -0.39 is 20.0 Å². The van der Waals surface area contributed by atoms with E-state index in [4.69, 9.17) is 0 Å². The predicted molar refractivity (Wildman–Crippen MR) is 217 cm³/mol. The van der Waals surface area contributed by atoms with Crippen molar-refractivity contribution in [3.05, 3.63) is 97.1 Å². The van der Waals surface area contributed by atoms with Gasteiger partial charge in [0.1, 0.15) is 45.7 Å². The number of hydrogen-bond acceptors (Lipinski definition) is 14. The van der Waals surface area contributed by atoms with Crippen molar-refractivity contribution in [2.24, 2.45) is 20.5 Å². The number of phenols is 4. The molecule has 0 saturated carbocycles. The number of aromatic hydroxyl groups is 4. The summed E-state index contributed by atoms with van der Waals surface area (Å²) < 4.78 is 52.2. The second-order valence-electron chi connectivity index (χ2n) is 12.2. The first-order valence-corrected chi connectivity index (χ1v) is 19.8. The van der Waals surface area contributed by atoms with Crippen LogP contribution in [0.1, 0.15) is 13.8 Å². The fourth-order valence-electron chi connectivity index (χ4n) is 5.43. The van der Waals surface area contributed by atoms with Crippen molar-refractivity contribution >= 4 is 87.5 Å². The minimum absolute atomic E-state index is 0. The summed E-state index contributed by atoms with van der Waals surface area (Å²) in [6.07, 6.45) is 0. The molecule has 0 heterocycles. The Balaban J connectivity index is 0.000000256. The van der Waals surface area contributed by atoms with E-state index in [1.165, 1.54) is 64.3 Å². The van der Waals surface area contributed by atoms with E-state index in [0.29, 0.717) is 32.9 Å². The van der Waals surface area contributed by atoms with Gasteiger partial charge in [-0.1, -0.05) is 36.4 Å². The van der Waals surface area contributed by atoms with Gasteiger partial charge in [-0.05, 0) is 85.5 Å². The third-order valence-electron chi connectivity index (χ3n) is 8.18. The molecule has 0 spiro atoms. The van der Waals surface area contributed by atoms with Crippen LogP contribution in [0.5, 0.6) is 23.0 Å². The zero-order valence-electron chi connectivity index (χ0n) is 31.5. The number of azo groups is 2. The molecular formula is C38H36CrN8O10S2. The second kappa shape index (κ2) is 18.9. The Labute approximate surface area is 348 Å². The molecule has 8 N–H and O–H groups in total. The summed E-state index contributed by atoms with van der Waals surface area (Å²) in [5.74, 6) is -1.57. The van der Waals surface area contributed by atoms with Crippen molar-refractivity contribution in [2.45, 2.75) is 23.6 Å². The molecule has 0 unspecified atom stereocenters. The largest absolute Gasteiger partial charge is 0.506 e. The van der Waals surface area contributed by atoms with Gasteiger partial charge in [0.2, 0.25) is 31.9 Å². The van der Waals surface area contributed by atoms with Gasteiger partial charge in [-0.15, -0.1) is 20.5 Å². The minimum atomic E-state index is -3.74. The number of rotatable bonds is 10. The molecule has 0 bridgehead atoms. The Morgan fingerprint density at radius 1 is 0.508 bits per heavy atom. The quantitative estimate of drug-likeness (QED) is 0.0648. The van der Waals surface area contributed by atoms with Crippen LogP contribution in [0.25, 0.3) is 21.5 Å². The van der Waals surface area contributed by atoms with E-state index in [9.17, 15) is 46.9 Å². The average Bonchev–Trinajstić information content (AvgIpc) is 3.18. The molecule has 0 atom stereocenters. The number of nitrogens with one attached hydrogen (secondary N) is 4. The molecule has 6 aromatic carbocycles. The van der Waals surface area contributed by atoms with Gasteiger partial charge < -0.3 is 31.1 Å². The van der Waals surface area contributed by atoms with Crippen LogP contribution in [-0.2, 0) is 47.0 Å². The number of benzene rings is 6. The summed E-state index contributed by atoms with van der Waals surface area (Å²) in [5.41, 5.74) is 0.775. The van der Waals surface area contributed by atoms with Crippen molar-refractivity contribution < 1.29 is 64.2 Å². The fraction of sp³-hybridized carbons (Fsp3) is 0.105. The van der Waals surface area contributed by atoms with Crippen LogP contribution in [-0.4, -0.2) is 63.2 Å². The molecule has 21 heteroatoms. The first-order chi connectivity index (χ1) is 27.4. The van der Waals surface area contributed by atoms with Crippen molar-refractivity contribution in [2.75, 3.05) is 24.7 Å². The Morgan fingerprint density at radius 2 is 0.864 bits per heavy atom. The Kier molecular flexibility index (Phi) is 14.5. The number of carbonyl (C=O) groups is 2. The van der Waals surface area contributed by atoms with Crippen LogP contribution in [0.15, 0.2) is 127 Å². The summed E-state index contributed by atoms with van der Waals surface area (Å²) in [6, 6.07) is 23.6. The average molecular weight is 881 g/mol. The summed E-state index contributed by atoms with van der Waals surface area (Å²) >= 11 is 0. The van der Waals surface area contributed by atoms with Gasteiger partial charge in [-0.25, -0.2) is 26.3 Å². The standard InChI is InChI=1S/2C19H18N4O5S.Cr/c2*1-11(24)21-14-5-3-4-12-6-8-17(26)19(18(12)14)23-22-15-10-13(7-9-16(15)25)29(27,28)20-2;/h2*3-10,20,25-26H,1-2H3,(H,21,24);. The summed E-state index contributed by atoms with van der Waals surface area (Å²) in [5, 5.41) is 64.2. The number of hydrogen-bond donors (Lipinski definition) is 8. The molecule has 2 amide bonds. The van der Waals surface area contributed by atoms with Gasteiger partial charge in [-0.3, -0.25) is 9.59 Å². The van der Waals surface area contributed by atoms with Gasteiger partial charge in [0.25, 0.3) is 0 Å². The monoisotopic (exact) mass is 880 g/mol.